The van der Waals surface area contributed by atoms with E-state index in [0.717, 1.165) is 38.1 Å². The molecule has 0 spiro atoms. The number of hydrogen-bond acceptors (Lipinski definition) is 5. The van der Waals surface area contributed by atoms with Gasteiger partial charge in [0.15, 0.2) is 0 Å². The molecule has 3 heterocycles. The molecule has 3 aliphatic rings. The van der Waals surface area contributed by atoms with E-state index in [9.17, 15) is 0 Å². The van der Waals surface area contributed by atoms with Gasteiger partial charge in [0.05, 0.1) is 13.2 Å². The van der Waals surface area contributed by atoms with Gasteiger partial charge in [-0.25, -0.2) is 0 Å². The molecule has 0 amide bonds. The molecule has 0 aromatic carbocycles. The number of thiophene rings is 1. The summed E-state index contributed by atoms with van der Waals surface area (Å²) in [7, 11) is 0. The number of nitrogens with one attached hydrogen (secondary N) is 2. The first kappa shape index (κ1) is 20.6. The Hall–Kier alpha value is -0.170. The molecular weight excluding hydrogens is 366 g/mol. The van der Waals surface area contributed by atoms with Crippen LogP contribution in [0.2, 0.25) is 0 Å². The Kier molecular flexibility index (Phi) is 8.22. The summed E-state index contributed by atoms with van der Waals surface area (Å²) < 4.78 is 5.71. The van der Waals surface area contributed by atoms with Gasteiger partial charge in [-0.15, -0.1) is 23.7 Å². The Labute approximate surface area is 168 Å². The van der Waals surface area contributed by atoms with Gasteiger partial charge in [0.1, 0.15) is 0 Å². The standard InChI is InChI=1S/C20H33N3OS.ClH/c1-6-18(20-15-24-10-8-21-20)19(7-1)22-12-16-4-2-9-23(13-16)14-17-5-3-11-25-17;/h3,5,11,16,18-22H,1-2,4,6-10,12-15H2;1H. The zero-order valence-electron chi connectivity index (χ0n) is 15.7. The lowest BCUT2D eigenvalue weighted by atomic mass is 9.92. The van der Waals surface area contributed by atoms with Crippen LogP contribution in [0.25, 0.3) is 0 Å². The molecule has 1 aromatic rings. The molecule has 4 rings (SSSR count). The van der Waals surface area contributed by atoms with Crippen molar-refractivity contribution in [2.45, 2.75) is 50.7 Å². The Balaban J connectivity index is 0.00000196. The number of piperidine rings is 1. The second-order valence-electron chi connectivity index (χ2n) is 8.07. The normalized spacial score (nSPS) is 33.1. The molecule has 0 radical (unpaired) electrons. The van der Waals surface area contributed by atoms with E-state index in [0.29, 0.717) is 12.1 Å². The second kappa shape index (κ2) is 10.4. The van der Waals surface area contributed by atoms with E-state index in [2.05, 4.69) is 33.0 Å². The lowest BCUT2D eigenvalue weighted by Gasteiger charge is -2.36. The van der Waals surface area contributed by atoms with Gasteiger partial charge in [-0.1, -0.05) is 12.5 Å². The number of rotatable bonds is 6. The number of hydrogen-bond donors (Lipinski definition) is 2. The number of likely N-dealkylation sites (tertiary alicyclic amines) is 1. The zero-order chi connectivity index (χ0) is 16.9. The SMILES string of the molecule is Cl.c1csc(CN2CCCC(CNC3CCCC3C3COCCN3)C2)c1. The molecule has 2 N–H and O–H groups in total. The third-order valence-electron chi connectivity index (χ3n) is 6.27. The molecule has 4 atom stereocenters. The summed E-state index contributed by atoms with van der Waals surface area (Å²) in [5.41, 5.74) is 0. The summed E-state index contributed by atoms with van der Waals surface area (Å²) in [4.78, 5) is 4.16. The highest BCUT2D eigenvalue weighted by molar-refractivity contribution is 7.09. The Morgan fingerprint density at radius 2 is 2.23 bits per heavy atom. The molecule has 148 valence electrons. The van der Waals surface area contributed by atoms with Crippen LogP contribution in [-0.2, 0) is 11.3 Å². The first-order chi connectivity index (χ1) is 12.4. The van der Waals surface area contributed by atoms with Crippen LogP contribution >= 0.6 is 23.7 Å². The zero-order valence-corrected chi connectivity index (χ0v) is 17.3. The maximum absolute atomic E-state index is 5.71. The average Bonchev–Trinajstić information content (AvgIpc) is 3.33. The van der Waals surface area contributed by atoms with Crippen molar-refractivity contribution in [3.05, 3.63) is 22.4 Å². The van der Waals surface area contributed by atoms with Gasteiger partial charge in [-0.2, -0.15) is 0 Å². The molecule has 1 aromatic heterocycles. The number of ether oxygens (including phenoxy) is 1. The first-order valence-corrected chi connectivity index (χ1v) is 11.1. The van der Waals surface area contributed by atoms with Gasteiger partial charge in [0.2, 0.25) is 0 Å². The molecule has 1 aliphatic carbocycles. The molecule has 2 saturated heterocycles. The predicted octanol–water partition coefficient (Wildman–Crippen LogP) is 3.13. The van der Waals surface area contributed by atoms with Crippen LogP contribution in [0, 0.1) is 11.8 Å². The van der Waals surface area contributed by atoms with Gasteiger partial charge in [-0.3, -0.25) is 4.90 Å². The minimum Gasteiger partial charge on any atom is -0.379 e. The highest BCUT2D eigenvalue weighted by Crippen LogP contribution is 2.30. The first-order valence-electron chi connectivity index (χ1n) is 10.2. The van der Waals surface area contributed by atoms with E-state index in [1.54, 1.807) is 0 Å². The lowest BCUT2D eigenvalue weighted by Crippen LogP contribution is -2.51. The predicted molar refractivity (Wildman–Crippen MR) is 111 cm³/mol. The largest absolute Gasteiger partial charge is 0.379 e. The van der Waals surface area contributed by atoms with Crippen molar-refractivity contribution in [1.82, 2.24) is 15.5 Å². The van der Waals surface area contributed by atoms with Crippen molar-refractivity contribution in [2.24, 2.45) is 11.8 Å². The fourth-order valence-electron chi connectivity index (χ4n) is 4.99. The van der Waals surface area contributed by atoms with Gasteiger partial charge < -0.3 is 15.4 Å². The number of morpholine rings is 1. The van der Waals surface area contributed by atoms with E-state index >= 15 is 0 Å². The fourth-order valence-corrected chi connectivity index (χ4v) is 5.73. The Bertz CT molecular complexity index is 509. The minimum absolute atomic E-state index is 0. The molecule has 1 saturated carbocycles. The van der Waals surface area contributed by atoms with Crippen molar-refractivity contribution in [1.29, 1.82) is 0 Å². The van der Waals surface area contributed by atoms with Crippen LogP contribution in [0.15, 0.2) is 17.5 Å². The van der Waals surface area contributed by atoms with E-state index in [1.807, 2.05) is 11.3 Å². The van der Waals surface area contributed by atoms with Crippen molar-refractivity contribution in [2.75, 3.05) is 39.4 Å². The summed E-state index contributed by atoms with van der Waals surface area (Å²) in [5.74, 6) is 1.57. The summed E-state index contributed by atoms with van der Waals surface area (Å²) in [6.45, 7) is 7.66. The van der Waals surface area contributed by atoms with E-state index < -0.39 is 0 Å². The highest BCUT2D eigenvalue weighted by Gasteiger charge is 2.34. The van der Waals surface area contributed by atoms with E-state index in [4.69, 9.17) is 4.74 Å². The molecule has 4 unspecified atom stereocenters. The molecule has 4 nitrogen and oxygen atoms in total. The molecule has 26 heavy (non-hydrogen) atoms. The second-order valence-corrected chi connectivity index (χ2v) is 9.10. The van der Waals surface area contributed by atoms with Crippen LogP contribution in [0.3, 0.4) is 0 Å². The number of halogens is 1. The van der Waals surface area contributed by atoms with Crippen LogP contribution in [-0.4, -0.2) is 56.4 Å². The van der Waals surface area contributed by atoms with Crippen LogP contribution in [0.5, 0.6) is 0 Å². The van der Waals surface area contributed by atoms with Gasteiger partial charge >= 0.3 is 0 Å². The fraction of sp³-hybridized carbons (Fsp3) is 0.800. The lowest BCUT2D eigenvalue weighted by molar-refractivity contribution is 0.0518. The van der Waals surface area contributed by atoms with Crippen molar-refractivity contribution in [3.8, 4) is 0 Å². The maximum Gasteiger partial charge on any atom is 0.0623 e. The summed E-state index contributed by atoms with van der Waals surface area (Å²) in [6, 6.07) is 5.70. The summed E-state index contributed by atoms with van der Waals surface area (Å²) >= 11 is 1.89. The molecule has 2 aliphatic heterocycles. The van der Waals surface area contributed by atoms with Crippen LogP contribution in [0.1, 0.15) is 37.0 Å². The van der Waals surface area contributed by atoms with Crippen LogP contribution in [0.4, 0.5) is 0 Å². The number of nitrogens with zero attached hydrogens (tertiary/aromatic N) is 1. The van der Waals surface area contributed by atoms with E-state index in [1.165, 1.54) is 56.6 Å². The molecular formula is C20H34ClN3OS. The third kappa shape index (κ3) is 5.43. The minimum atomic E-state index is 0. The average molecular weight is 400 g/mol. The molecule has 6 heteroatoms. The monoisotopic (exact) mass is 399 g/mol. The highest BCUT2D eigenvalue weighted by atomic mass is 35.5. The molecule has 3 fully saturated rings. The summed E-state index contributed by atoms with van der Waals surface area (Å²) in [6.07, 6.45) is 6.80. The maximum atomic E-state index is 5.71. The van der Waals surface area contributed by atoms with Gasteiger partial charge in [-0.05, 0) is 62.1 Å². The Morgan fingerprint density at radius 1 is 1.27 bits per heavy atom. The molecule has 0 bridgehead atoms. The van der Waals surface area contributed by atoms with Crippen molar-refractivity contribution in [3.63, 3.8) is 0 Å². The van der Waals surface area contributed by atoms with Crippen molar-refractivity contribution < 1.29 is 4.74 Å². The smallest absolute Gasteiger partial charge is 0.0623 e. The van der Waals surface area contributed by atoms with Crippen LogP contribution < -0.4 is 10.6 Å². The topological polar surface area (TPSA) is 36.5 Å². The summed E-state index contributed by atoms with van der Waals surface area (Å²) in [5, 5.41) is 9.84. The van der Waals surface area contributed by atoms with Gasteiger partial charge in [0.25, 0.3) is 0 Å². The Morgan fingerprint density at radius 3 is 3.04 bits per heavy atom. The quantitative estimate of drug-likeness (QED) is 0.770. The van der Waals surface area contributed by atoms with E-state index in [-0.39, 0.29) is 12.4 Å². The van der Waals surface area contributed by atoms with Gasteiger partial charge in [0, 0.05) is 36.6 Å². The van der Waals surface area contributed by atoms with Crippen molar-refractivity contribution >= 4 is 23.7 Å². The third-order valence-corrected chi connectivity index (χ3v) is 7.13.